The first-order valence-electron chi connectivity index (χ1n) is 10.5. The van der Waals surface area contributed by atoms with Gasteiger partial charge in [0.05, 0.1) is 18.9 Å². The third-order valence-electron chi connectivity index (χ3n) is 5.71. The lowest BCUT2D eigenvalue weighted by Gasteiger charge is -2.28. The number of aromatic nitrogens is 1. The van der Waals surface area contributed by atoms with Crippen molar-refractivity contribution in [1.82, 2.24) is 4.57 Å². The Hall–Kier alpha value is -3.69. The van der Waals surface area contributed by atoms with Crippen LogP contribution in [0.4, 0.5) is 10.1 Å². The van der Waals surface area contributed by atoms with Gasteiger partial charge in [-0.2, -0.15) is 5.26 Å². The fourth-order valence-electron chi connectivity index (χ4n) is 4.06. The molecule has 0 bridgehead atoms. The van der Waals surface area contributed by atoms with E-state index in [1.54, 1.807) is 41.8 Å². The molecule has 32 heavy (non-hydrogen) atoms. The summed E-state index contributed by atoms with van der Waals surface area (Å²) in [6.07, 6.45) is 1.60. The van der Waals surface area contributed by atoms with E-state index in [0.717, 1.165) is 30.0 Å². The number of anilines is 1. The van der Waals surface area contributed by atoms with Crippen LogP contribution in [0.5, 0.6) is 0 Å². The molecule has 0 unspecified atom stereocenters. The van der Waals surface area contributed by atoms with E-state index in [1.807, 2.05) is 37.3 Å². The average molecular weight is 429 g/mol. The van der Waals surface area contributed by atoms with Crippen molar-refractivity contribution in [3.05, 3.63) is 88.5 Å². The topological polar surface area (TPSA) is 58.3 Å². The SMILES string of the molecule is Cc1cc(C(=O)C(C#N)=Cc2ccc(N3CCOCC3)cc2)c(C)n1-c1ccccc1F. The summed E-state index contributed by atoms with van der Waals surface area (Å²) in [6.45, 7) is 6.68. The second-order valence-electron chi connectivity index (χ2n) is 7.76. The number of halogens is 1. The zero-order valence-electron chi connectivity index (χ0n) is 18.1. The molecular formula is C26H24FN3O2. The number of hydrogen-bond donors (Lipinski definition) is 0. The highest BCUT2D eigenvalue weighted by molar-refractivity contribution is 6.14. The van der Waals surface area contributed by atoms with Crippen LogP contribution >= 0.6 is 0 Å². The van der Waals surface area contributed by atoms with E-state index in [1.165, 1.54) is 6.07 Å². The number of aryl methyl sites for hydroxylation is 1. The number of carbonyl (C=O) groups is 1. The molecule has 0 saturated carbocycles. The van der Waals surface area contributed by atoms with Gasteiger partial charge in [0.15, 0.2) is 0 Å². The Morgan fingerprint density at radius 3 is 2.44 bits per heavy atom. The quantitative estimate of drug-likeness (QED) is 0.330. The molecule has 1 saturated heterocycles. The highest BCUT2D eigenvalue weighted by Crippen LogP contribution is 2.25. The van der Waals surface area contributed by atoms with Crippen LogP contribution in [-0.2, 0) is 4.74 Å². The van der Waals surface area contributed by atoms with E-state index in [-0.39, 0.29) is 17.2 Å². The number of Topliss-reactive ketones (excluding diaryl/α,β-unsaturated/α-hetero) is 1. The fraction of sp³-hybridized carbons (Fsp3) is 0.231. The molecule has 162 valence electrons. The monoisotopic (exact) mass is 429 g/mol. The number of hydrogen-bond acceptors (Lipinski definition) is 4. The number of allylic oxidation sites excluding steroid dienone is 1. The van der Waals surface area contributed by atoms with Crippen LogP contribution in [0, 0.1) is 31.0 Å². The molecule has 1 aliphatic heterocycles. The van der Waals surface area contributed by atoms with Crippen molar-refractivity contribution in [1.29, 1.82) is 5.26 Å². The van der Waals surface area contributed by atoms with Gasteiger partial charge in [0.25, 0.3) is 0 Å². The van der Waals surface area contributed by atoms with E-state index >= 15 is 0 Å². The van der Waals surface area contributed by atoms with Gasteiger partial charge in [-0.05, 0) is 55.8 Å². The van der Waals surface area contributed by atoms with E-state index in [9.17, 15) is 14.4 Å². The highest BCUT2D eigenvalue weighted by atomic mass is 19.1. The van der Waals surface area contributed by atoms with Gasteiger partial charge < -0.3 is 14.2 Å². The Morgan fingerprint density at radius 1 is 1.09 bits per heavy atom. The summed E-state index contributed by atoms with van der Waals surface area (Å²) >= 11 is 0. The van der Waals surface area contributed by atoms with Crippen molar-refractivity contribution in [2.24, 2.45) is 0 Å². The van der Waals surface area contributed by atoms with Crippen LogP contribution in [0.1, 0.15) is 27.3 Å². The maximum absolute atomic E-state index is 14.3. The fourth-order valence-corrected chi connectivity index (χ4v) is 4.06. The van der Waals surface area contributed by atoms with Gasteiger partial charge >= 0.3 is 0 Å². The van der Waals surface area contributed by atoms with E-state index in [0.29, 0.717) is 30.2 Å². The third-order valence-corrected chi connectivity index (χ3v) is 5.71. The summed E-state index contributed by atoms with van der Waals surface area (Å²) in [4.78, 5) is 15.4. The summed E-state index contributed by atoms with van der Waals surface area (Å²) in [6, 6.07) is 17.9. The Balaban J connectivity index is 1.62. The van der Waals surface area contributed by atoms with Crippen LogP contribution in [0.15, 0.2) is 60.2 Å². The molecule has 0 N–H and O–H groups in total. The maximum atomic E-state index is 14.3. The molecule has 0 atom stereocenters. The molecule has 0 amide bonds. The molecule has 0 radical (unpaired) electrons. The molecule has 1 aromatic heterocycles. The summed E-state index contributed by atoms with van der Waals surface area (Å²) in [5.41, 5.74) is 3.99. The first kappa shape index (κ1) is 21.5. The number of benzene rings is 2. The lowest BCUT2D eigenvalue weighted by molar-refractivity contribution is 0.103. The van der Waals surface area contributed by atoms with Crippen LogP contribution in [0.2, 0.25) is 0 Å². The van der Waals surface area contributed by atoms with E-state index < -0.39 is 0 Å². The summed E-state index contributed by atoms with van der Waals surface area (Å²) in [5.74, 6) is -0.745. The molecule has 1 fully saturated rings. The first-order valence-corrected chi connectivity index (χ1v) is 10.5. The molecule has 1 aliphatic rings. The predicted molar refractivity (Wildman–Crippen MR) is 123 cm³/mol. The van der Waals surface area contributed by atoms with Crippen LogP contribution in [0.25, 0.3) is 11.8 Å². The number of nitrogens with zero attached hydrogens (tertiary/aromatic N) is 3. The van der Waals surface area contributed by atoms with Crippen molar-refractivity contribution < 1.29 is 13.9 Å². The van der Waals surface area contributed by atoms with Crippen molar-refractivity contribution >= 4 is 17.5 Å². The molecule has 2 aromatic carbocycles. The zero-order chi connectivity index (χ0) is 22.7. The van der Waals surface area contributed by atoms with Crippen LogP contribution < -0.4 is 4.90 Å². The summed E-state index contributed by atoms with van der Waals surface area (Å²) in [5, 5.41) is 9.68. The minimum atomic E-state index is -0.375. The normalized spacial score (nSPS) is 14.3. The minimum absolute atomic E-state index is 0.0397. The molecule has 4 rings (SSSR count). The predicted octanol–water partition coefficient (Wildman–Crippen LogP) is 4.86. The molecule has 5 nitrogen and oxygen atoms in total. The second kappa shape index (κ2) is 9.21. The zero-order valence-corrected chi connectivity index (χ0v) is 18.1. The van der Waals surface area contributed by atoms with Crippen molar-refractivity contribution in [3.63, 3.8) is 0 Å². The molecule has 6 heteroatoms. The molecule has 2 heterocycles. The van der Waals surface area contributed by atoms with Gasteiger partial charge in [-0.15, -0.1) is 0 Å². The largest absolute Gasteiger partial charge is 0.378 e. The van der Waals surface area contributed by atoms with Gasteiger partial charge in [-0.1, -0.05) is 24.3 Å². The second-order valence-corrected chi connectivity index (χ2v) is 7.76. The Bertz CT molecular complexity index is 1210. The van der Waals surface area contributed by atoms with Crippen molar-refractivity contribution in [2.75, 3.05) is 31.2 Å². The van der Waals surface area contributed by atoms with Gasteiger partial charge in [0.1, 0.15) is 17.5 Å². The molecule has 0 aliphatic carbocycles. The Kier molecular flexibility index (Phi) is 6.20. The number of ketones is 1. The average Bonchev–Trinajstić information content (AvgIpc) is 3.12. The van der Waals surface area contributed by atoms with Gasteiger partial charge in [-0.3, -0.25) is 4.79 Å². The molecular weight excluding hydrogens is 405 g/mol. The first-order chi connectivity index (χ1) is 15.5. The number of morpholine rings is 1. The summed E-state index contributed by atoms with van der Waals surface area (Å²) in [7, 11) is 0. The van der Waals surface area contributed by atoms with Crippen molar-refractivity contribution in [2.45, 2.75) is 13.8 Å². The number of carbonyl (C=O) groups excluding carboxylic acids is 1. The van der Waals surface area contributed by atoms with E-state index in [2.05, 4.69) is 4.90 Å². The standard InChI is InChI=1S/C26H24FN3O2/c1-18-15-23(19(2)30(18)25-6-4-3-5-24(25)27)26(31)21(17-28)16-20-7-9-22(10-8-20)29-11-13-32-14-12-29/h3-10,15-16H,11-14H2,1-2H3. The number of nitriles is 1. The van der Waals surface area contributed by atoms with Gasteiger partial charge in [0, 0.05) is 35.7 Å². The number of para-hydroxylation sites is 1. The molecule has 3 aromatic rings. The highest BCUT2D eigenvalue weighted by Gasteiger charge is 2.21. The molecule has 0 spiro atoms. The maximum Gasteiger partial charge on any atom is 0.205 e. The lowest BCUT2D eigenvalue weighted by atomic mass is 10.0. The van der Waals surface area contributed by atoms with Crippen molar-refractivity contribution in [3.8, 4) is 11.8 Å². The van der Waals surface area contributed by atoms with E-state index in [4.69, 9.17) is 4.74 Å². The lowest BCUT2D eigenvalue weighted by Crippen LogP contribution is -2.36. The Labute approximate surface area is 187 Å². The van der Waals surface area contributed by atoms with Crippen LogP contribution in [0.3, 0.4) is 0 Å². The van der Waals surface area contributed by atoms with Crippen LogP contribution in [-0.4, -0.2) is 36.7 Å². The summed E-state index contributed by atoms with van der Waals surface area (Å²) < 4.78 is 21.4. The third kappa shape index (κ3) is 4.20. The van der Waals surface area contributed by atoms with Gasteiger partial charge in [0.2, 0.25) is 5.78 Å². The minimum Gasteiger partial charge on any atom is -0.378 e. The Morgan fingerprint density at radius 2 is 1.78 bits per heavy atom. The number of rotatable bonds is 5. The van der Waals surface area contributed by atoms with Gasteiger partial charge in [-0.25, -0.2) is 4.39 Å². The smallest absolute Gasteiger partial charge is 0.205 e. The number of ether oxygens (including phenoxy) is 1.